The Morgan fingerprint density at radius 1 is 1.29 bits per heavy atom. The lowest BCUT2D eigenvalue weighted by atomic mass is 10.2. The maximum Gasteiger partial charge on any atom is 0.300 e. The van der Waals surface area contributed by atoms with Gasteiger partial charge in [0.1, 0.15) is 11.5 Å². The minimum absolute atomic E-state index is 0.215. The number of nitrogens with one attached hydrogen (secondary N) is 1. The molecule has 0 saturated carbocycles. The molecule has 0 bridgehead atoms. The van der Waals surface area contributed by atoms with E-state index in [0.29, 0.717) is 18.9 Å². The second-order valence-corrected chi connectivity index (χ2v) is 4.83. The summed E-state index contributed by atoms with van der Waals surface area (Å²) < 4.78 is 11.2. The molecule has 110 valence electrons. The predicted octanol–water partition coefficient (Wildman–Crippen LogP) is 1.67. The Labute approximate surface area is 122 Å². The smallest absolute Gasteiger partial charge is 0.300 e. The molecular formula is C15H17N3O3. The Morgan fingerprint density at radius 3 is 3.00 bits per heavy atom. The van der Waals surface area contributed by atoms with Gasteiger partial charge in [-0.1, -0.05) is 12.1 Å². The Balaban J connectivity index is 1.81. The van der Waals surface area contributed by atoms with Crippen LogP contribution in [-0.2, 0) is 6.54 Å². The molecule has 0 atom stereocenters. The first-order valence-electron chi connectivity index (χ1n) is 6.84. The zero-order valence-corrected chi connectivity index (χ0v) is 11.5. The molecule has 0 radical (unpaired) electrons. The first kappa shape index (κ1) is 13.5. The van der Waals surface area contributed by atoms with E-state index in [1.54, 1.807) is 12.1 Å². The maximum absolute atomic E-state index is 11.4. The number of amides is 1. The van der Waals surface area contributed by atoms with Gasteiger partial charge >= 0.3 is 5.91 Å². The van der Waals surface area contributed by atoms with Gasteiger partial charge in [0.25, 0.3) is 0 Å². The molecule has 3 N–H and O–H groups in total. The van der Waals surface area contributed by atoms with Crippen LogP contribution in [0.15, 0.2) is 40.8 Å². The lowest BCUT2D eigenvalue weighted by Gasteiger charge is -2.22. The average molecular weight is 287 g/mol. The first-order valence-corrected chi connectivity index (χ1v) is 6.84. The number of nitrogens with zero attached hydrogens (tertiary/aromatic N) is 1. The van der Waals surface area contributed by atoms with E-state index in [2.05, 4.69) is 10.3 Å². The van der Waals surface area contributed by atoms with Gasteiger partial charge in [0, 0.05) is 6.54 Å². The number of rotatable bonds is 3. The number of carbonyl (C=O) groups excluding carboxylic acids is 1. The number of carbonyl (C=O) groups is 1. The Kier molecular flexibility index (Phi) is 3.79. The number of hydrogen-bond donors (Lipinski definition) is 2. The molecule has 0 saturated heterocycles. The highest BCUT2D eigenvalue weighted by Crippen LogP contribution is 2.31. The van der Waals surface area contributed by atoms with Gasteiger partial charge in [-0.05, 0) is 30.7 Å². The molecule has 1 amide bonds. The summed E-state index contributed by atoms with van der Waals surface area (Å²) >= 11 is 0. The molecule has 1 aliphatic heterocycles. The van der Waals surface area contributed by atoms with Crippen molar-refractivity contribution >= 4 is 11.6 Å². The van der Waals surface area contributed by atoms with Crippen molar-refractivity contribution in [2.45, 2.75) is 13.0 Å². The van der Waals surface area contributed by atoms with E-state index in [9.17, 15) is 4.79 Å². The van der Waals surface area contributed by atoms with E-state index >= 15 is 0 Å². The third-order valence-electron chi connectivity index (χ3n) is 3.40. The van der Waals surface area contributed by atoms with Gasteiger partial charge < -0.3 is 14.1 Å². The molecule has 2 heterocycles. The molecule has 0 aliphatic carbocycles. The van der Waals surface area contributed by atoms with Crippen molar-refractivity contribution in [1.29, 1.82) is 0 Å². The van der Waals surface area contributed by atoms with Crippen LogP contribution in [0.3, 0.4) is 0 Å². The van der Waals surface area contributed by atoms with Crippen LogP contribution in [0.25, 0.3) is 0 Å². The van der Waals surface area contributed by atoms with Crippen LogP contribution < -0.4 is 20.9 Å². The fourth-order valence-electron chi connectivity index (χ4n) is 2.41. The number of hydrogen-bond acceptors (Lipinski definition) is 5. The number of hydrazine groups is 1. The summed E-state index contributed by atoms with van der Waals surface area (Å²) in [5.41, 5.74) is 3.10. The van der Waals surface area contributed by atoms with Gasteiger partial charge in [0.15, 0.2) is 5.76 Å². The number of fused-ring (bicyclic) bond motifs is 1. The maximum atomic E-state index is 11.4. The third-order valence-corrected chi connectivity index (χ3v) is 3.40. The summed E-state index contributed by atoms with van der Waals surface area (Å²) in [5, 5.41) is 0. The molecular weight excluding hydrogens is 270 g/mol. The van der Waals surface area contributed by atoms with Gasteiger partial charge in [-0.2, -0.15) is 0 Å². The van der Waals surface area contributed by atoms with E-state index in [4.69, 9.17) is 15.0 Å². The van der Waals surface area contributed by atoms with Gasteiger partial charge in [-0.3, -0.25) is 10.2 Å². The molecule has 1 aromatic heterocycles. The summed E-state index contributed by atoms with van der Waals surface area (Å²) in [5.74, 6) is 6.47. The van der Waals surface area contributed by atoms with Crippen LogP contribution in [0, 0.1) is 0 Å². The van der Waals surface area contributed by atoms with Crippen LogP contribution >= 0.6 is 0 Å². The summed E-state index contributed by atoms with van der Waals surface area (Å²) in [4.78, 5) is 13.6. The fourth-order valence-corrected chi connectivity index (χ4v) is 2.41. The lowest BCUT2D eigenvalue weighted by Crippen LogP contribution is -2.29. The topological polar surface area (TPSA) is 80.7 Å². The second-order valence-electron chi connectivity index (χ2n) is 4.83. The molecule has 21 heavy (non-hydrogen) atoms. The van der Waals surface area contributed by atoms with Crippen molar-refractivity contribution in [3.63, 3.8) is 0 Å². The number of para-hydroxylation sites is 2. The zero-order valence-electron chi connectivity index (χ0n) is 11.5. The second kappa shape index (κ2) is 5.88. The predicted molar refractivity (Wildman–Crippen MR) is 78.0 cm³/mol. The van der Waals surface area contributed by atoms with E-state index in [-0.39, 0.29) is 5.76 Å². The molecule has 0 unspecified atom stereocenters. The number of anilines is 1. The molecule has 3 rings (SSSR count). The average Bonchev–Trinajstić information content (AvgIpc) is 2.89. The quantitative estimate of drug-likeness (QED) is 0.510. The van der Waals surface area contributed by atoms with Crippen LogP contribution in [0.4, 0.5) is 5.69 Å². The van der Waals surface area contributed by atoms with Crippen LogP contribution in [0.1, 0.15) is 22.7 Å². The van der Waals surface area contributed by atoms with Crippen LogP contribution in [-0.4, -0.2) is 19.1 Å². The summed E-state index contributed by atoms with van der Waals surface area (Å²) in [7, 11) is 0. The largest absolute Gasteiger partial charge is 0.491 e. The van der Waals surface area contributed by atoms with E-state index in [1.807, 2.05) is 24.3 Å². The Morgan fingerprint density at radius 2 is 2.14 bits per heavy atom. The number of nitrogens with two attached hydrogens (primary N) is 1. The highest BCUT2D eigenvalue weighted by molar-refractivity contribution is 5.90. The van der Waals surface area contributed by atoms with Crippen molar-refractivity contribution in [3.05, 3.63) is 47.9 Å². The van der Waals surface area contributed by atoms with E-state index < -0.39 is 5.91 Å². The Bertz CT molecular complexity index is 639. The van der Waals surface area contributed by atoms with Gasteiger partial charge in [-0.15, -0.1) is 0 Å². The molecule has 6 heteroatoms. The monoisotopic (exact) mass is 287 g/mol. The number of benzene rings is 1. The number of ether oxygens (including phenoxy) is 1. The first-order chi connectivity index (χ1) is 10.3. The van der Waals surface area contributed by atoms with Gasteiger partial charge in [-0.25, -0.2) is 5.84 Å². The van der Waals surface area contributed by atoms with Crippen molar-refractivity contribution in [1.82, 2.24) is 5.43 Å². The molecule has 6 nitrogen and oxygen atoms in total. The fraction of sp³-hybridized carbons (Fsp3) is 0.267. The van der Waals surface area contributed by atoms with Crippen molar-refractivity contribution < 1.29 is 13.9 Å². The minimum Gasteiger partial charge on any atom is -0.491 e. The van der Waals surface area contributed by atoms with Gasteiger partial charge in [0.2, 0.25) is 0 Å². The van der Waals surface area contributed by atoms with Gasteiger partial charge in [0.05, 0.1) is 18.8 Å². The third kappa shape index (κ3) is 2.85. The number of nitrogen functional groups attached to an aromatic ring is 1. The van der Waals surface area contributed by atoms with Crippen molar-refractivity contribution in [2.75, 3.05) is 18.1 Å². The molecule has 1 aliphatic rings. The van der Waals surface area contributed by atoms with Crippen LogP contribution in [0.5, 0.6) is 5.75 Å². The highest BCUT2D eigenvalue weighted by atomic mass is 16.5. The molecule has 0 spiro atoms. The number of furan rings is 1. The molecule has 2 aromatic rings. The summed E-state index contributed by atoms with van der Waals surface area (Å²) in [6.07, 6.45) is 0.936. The summed E-state index contributed by atoms with van der Waals surface area (Å²) in [6.45, 7) is 2.15. The van der Waals surface area contributed by atoms with Crippen LogP contribution in [0.2, 0.25) is 0 Å². The standard InChI is InChI=1S/C15H17N3O3/c16-17-15(19)14-7-6-11(21-14)10-18-8-3-9-20-13-5-2-1-4-12(13)18/h1-2,4-7H,3,8-10,16H2,(H,17,19). The van der Waals surface area contributed by atoms with Crippen molar-refractivity contribution in [3.8, 4) is 5.75 Å². The summed E-state index contributed by atoms with van der Waals surface area (Å²) in [6, 6.07) is 11.3. The highest BCUT2D eigenvalue weighted by Gasteiger charge is 2.18. The van der Waals surface area contributed by atoms with Crippen molar-refractivity contribution in [2.24, 2.45) is 5.84 Å². The molecule has 1 aromatic carbocycles. The lowest BCUT2D eigenvalue weighted by molar-refractivity contribution is 0.0924. The Hall–Kier alpha value is -2.47. The zero-order chi connectivity index (χ0) is 14.7. The van der Waals surface area contributed by atoms with E-state index in [0.717, 1.165) is 24.4 Å². The SMILES string of the molecule is NNC(=O)c1ccc(CN2CCCOc3ccccc32)o1. The molecule has 0 fully saturated rings. The minimum atomic E-state index is -0.430. The van der Waals surface area contributed by atoms with E-state index in [1.165, 1.54) is 0 Å². The normalized spacial score (nSPS) is 14.0.